The van der Waals surface area contributed by atoms with Crippen molar-refractivity contribution in [3.63, 3.8) is 0 Å². The quantitative estimate of drug-likeness (QED) is 0.286. The van der Waals surface area contributed by atoms with E-state index < -0.39 is 4.92 Å². The number of nitrogens with zero attached hydrogens (tertiary/aromatic N) is 7. The largest absolute Gasteiger partial charge is 0.481 e. The van der Waals surface area contributed by atoms with Crippen molar-refractivity contribution < 1.29 is 19.2 Å². The van der Waals surface area contributed by atoms with Gasteiger partial charge in [-0.05, 0) is 41.7 Å². The van der Waals surface area contributed by atoms with Crippen LogP contribution in [0.3, 0.4) is 0 Å². The summed E-state index contributed by atoms with van der Waals surface area (Å²) in [6, 6.07) is 11.7. The molecule has 2 aromatic heterocycles. The van der Waals surface area contributed by atoms with Crippen molar-refractivity contribution >= 4 is 17.7 Å². The maximum Gasteiger partial charge on any atom is 0.409 e. The van der Waals surface area contributed by atoms with Crippen LogP contribution in [0.25, 0.3) is 11.3 Å². The van der Waals surface area contributed by atoms with Crippen LogP contribution in [0.1, 0.15) is 31.7 Å². The van der Waals surface area contributed by atoms with Crippen molar-refractivity contribution in [3.8, 4) is 17.0 Å². The summed E-state index contributed by atoms with van der Waals surface area (Å²) in [5, 5.41) is 12.1. The average Bonchev–Trinajstić information content (AvgIpc) is 3.46. The molecule has 1 amide bonds. The van der Waals surface area contributed by atoms with E-state index in [1.165, 1.54) is 0 Å². The molecule has 0 radical (unpaired) electrons. The summed E-state index contributed by atoms with van der Waals surface area (Å²) in [6.45, 7) is 6.97. The van der Waals surface area contributed by atoms with E-state index in [1.54, 1.807) is 24.7 Å². The molecular formula is C30H35N7O5. The van der Waals surface area contributed by atoms with Gasteiger partial charge in [-0.1, -0.05) is 30.3 Å². The van der Waals surface area contributed by atoms with Gasteiger partial charge in [0.05, 0.1) is 24.1 Å². The van der Waals surface area contributed by atoms with Crippen LogP contribution in [-0.4, -0.2) is 87.7 Å². The lowest BCUT2D eigenvalue weighted by Crippen LogP contribution is -2.58. The molecule has 12 nitrogen and oxygen atoms in total. The summed E-state index contributed by atoms with van der Waals surface area (Å²) in [6.07, 6.45) is 7.92. The fourth-order valence-electron chi connectivity index (χ4n) is 6.50. The van der Waals surface area contributed by atoms with Gasteiger partial charge in [-0.25, -0.2) is 4.79 Å². The van der Waals surface area contributed by atoms with E-state index >= 15 is 0 Å². The van der Waals surface area contributed by atoms with E-state index in [2.05, 4.69) is 24.8 Å². The van der Waals surface area contributed by atoms with Crippen LogP contribution >= 0.6 is 0 Å². The number of hydrogen-bond donors (Lipinski definition) is 0. The molecule has 6 rings (SSSR count). The number of carbonyl (C=O) groups excluding carboxylic acids is 1. The molecule has 1 aliphatic carbocycles. The van der Waals surface area contributed by atoms with Crippen molar-refractivity contribution in [3.05, 3.63) is 70.7 Å². The molecule has 12 heteroatoms. The standard InChI is InChI=1S/C30H35N7O5/c1-2-41-29(38)36-20-30(21-36)9-8-23(17-30)34-12-14-35(15-13-34)27-24(25-18-31-10-11-32-25)16-26(28(33-27)37(39)40)42-19-22-6-4-3-5-7-22/h3-7,10-11,16,18,23H,2,8-9,12-15,17,19-21H2,1H3/t23-/m1/s1. The Kier molecular flexibility index (Phi) is 7.88. The van der Waals surface area contributed by atoms with Crippen LogP contribution in [0.2, 0.25) is 0 Å². The third kappa shape index (κ3) is 5.71. The summed E-state index contributed by atoms with van der Waals surface area (Å²) in [5.41, 5.74) is 2.33. The number of nitro groups is 1. The average molecular weight is 574 g/mol. The second kappa shape index (κ2) is 11.9. The molecular weight excluding hydrogens is 538 g/mol. The Labute approximate surface area is 244 Å². The summed E-state index contributed by atoms with van der Waals surface area (Å²) < 4.78 is 11.1. The number of ether oxygens (including phenoxy) is 2. The number of amides is 1. The molecule has 2 aliphatic heterocycles. The summed E-state index contributed by atoms with van der Waals surface area (Å²) in [4.78, 5) is 43.4. The molecule has 0 bridgehead atoms. The van der Waals surface area contributed by atoms with E-state index in [0.29, 0.717) is 42.8 Å². The lowest BCUT2D eigenvalue weighted by atomic mass is 9.78. The number of aromatic nitrogens is 3. The molecule has 1 saturated carbocycles. The first-order chi connectivity index (χ1) is 20.4. The molecule has 1 aromatic carbocycles. The van der Waals surface area contributed by atoms with Crippen molar-refractivity contribution in [2.75, 3.05) is 50.8 Å². The predicted octanol–water partition coefficient (Wildman–Crippen LogP) is 4.16. The normalized spacial score (nSPS) is 19.9. The van der Waals surface area contributed by atoms with Gasteiger partial charge in [-0.2, -0.15) is 0 Å². The van der Waals surface area contributed by atoms with Gasteiger partial charge >= 0.3 is 11.9 Å². The molecule has 3 aliphatic rings. The Morgan fingerprint density at radius 1 is 1.14 bits per heavy atom. The van der Waals surface area contributed by atoms with Crippen LogP contribution in [0.5, 0.6) is 5.75 Å². The number of pyridine rings is 1. The zero-order valence-electron chi connectivity index (χ0n) is 23.7. The number of rotatable bonds is 8. The van der Waals surface area contributed by atoms with Crippen LogP contribution < -0.4 is 9.64 Å². The van der Waals surface area contributed by atoms with Crippen molar-refractivity contribution in [1.82, 2.24) is 24.8 Å². The van der Waals surface area contributed by atoms with Gasteiger partial charge in [0.1, 0.15) is 6.61 Å². The monoisotopic (exact) mass is 573 g/mol. The highest BCUT2D eigenvalue weighted by Gasteiger charge is 2.51. The Balaban J connectivity index is 1.17. The minimum Gasteiger partial charge on any atom is -0.481 e. The SMILES string of the molecule is CCOC(=O)N1CC2(CC[C@@H](N3CCN(c4nc([N+](=O)[O-])c(OCc5ccccc5)cc4-c4cnccn4)CC3)C2)C1. The molecule has 2 saturated heterocycles. The lowest BCUT2D eigenvalue weighted by Gasteiger charge is -2.48. The number of anilines is 1. The highest BCUT2D eigenvalue weighted by atomic mass is 16.6. The Morgan fingerprint density at radius 2 is 1.93 bits per heavy atom. The van der Waals surface area contributed by atoms with Gasteiger partial charge in [0.25, 0.3) is 5.82 Å². The second-order valence-electron chi connectivity index (χ2n) is 11.3. The van der Waals surface area contributed by atoms with Crippen molar-refractivity contribution in [2.24, 2.45) is 5.41 Å². The molecule has 1 spiro atoms. The minimum absolute atomic E-state index is 0.0977. The number of piperazine rings is 1. The Morgan fingerprint density at radius 3 is 2.62 bits per heavy atom. The maximum absolute atomic E-state index is 12.1. The van der Waals surface area contributed by atoms with E-state index in [1.807, 2.05) is 42.2 Å². The first-order valence-electron chi connectivity index (χ1n) is 14.5. The van der Waals surface area contributed by atoms with Crippen LogP contribution in [0.4, 0.5) is 16.4 Å². The molecule has 3 aromatic rings. The van der Waals surface area contributed by atoms with Gasteiger partial charge in [0.15, 0.2) is 0 Å². The minimum atomic E-state index is -0.489. The fraction of sp³-hybridized carbons (Fsp3) is 0.467. The first-order valence-corrected chi connectivity index (χ1v) is 14.5. The zero-order chi connectivity index (χ0) is 29.1. The van der Waals surface area contributed by atoms with Crippen LogP contribution in [0, 0.1) is 15.5 Å². The maximum atomic E-state index is 12.1. The van der Waals surface area contributed by atoms with E-state index in [0.717, 1.165) is 51.0 Å². The lowest BCUT2D eigenvalue weighted by molar-refractivity contribution is -0.390. The molecule has 1 atom stereocenters. The summed E-state index contributed by atoms with van der Waals surface area (Å²) in [5.74, 6) is 0.297. The highest BCUT2D eigenvalue weighted by molar-refractivity contribution is 5.76. The topological polar surface area (TPSA) is 127 Å². The molecule has 42 heavy (non-hydrogen) atoms. The zero-order valence-corrected chi connectivity index (χ0v) is 23.7. The van der Waals surface area contributed by atoms with E-state index in [-0.39, 0.29) is 29.7 Å². The number of carbonyl (C=O) groups is 1. The predicted molar refractivity (Wildman–Crippen MR) is 155 cm³/mol. The van der Waals surface area contributed by atoms with E-state index in [9.17, 15) is 14.9 Å². The van der Waals surface area contributed by atoms with Gasteiger partial charge in [-0.3, -0.25) is 14.9 Å². The fourth-order valence-corrected chi connectivity index (χ4v) is 6.50. The smallest absolute Gasteiger partial charge is 0.409 e. The van der Waals surface area contributed by atoms with Gasteiger partial charge in [0.2, 0.25) is 5.75 Å². The molecule has 3 fully saturated rings. The van der Waals surface area contributed by atoms with Crippen molar-refractivity contribution in [1.29, 1.82) is 0 Å². The van der Waals surface area contributed by atoms with Gasteiger partial charge in [-0.15, -0.1) is 0 Å². The third-order valence-corrected chi connectivity index (χ3v) is 8.58. The van der Waals surface area contributed by atoms with Crippen molar-refractivity contribution in [2.45, 2.75) is 38.8 Å². The molecule has 0 N–H and O–H groups in total. The van der Waals surface area contributed by atoms with Gasteiger partial charge in [0, 0.05) is 69.2 Å². The highest BCUT2D eigenvalue weighted by Crippen LogP contribution is 2.47. The second-order valence-corrected chi connectivity index (χ2v) is 11.3. The Bertz CT molecular complexity index is 1410. The van der Waals surface area contributed by atoms with Crippen LogP contribution in [-0.2, 0) is 11.3 Å². The van der Waals surface area contributed by atoms with E-state index in [4.69, 9.17) is 9.47 Å². The molecule has 4 heterocycles. The Hall–Kier alpha value is -4.32. The third-order valence-electron chi connectivity index (χ3n) is 8.58. The summed E-state index contributed by atoms with van der Waals surface area (Å²) >= 11 is 0. The van der Waals surface area contributed by atoms with Gasteiger partial charge < -0.3 is 29.4 Å². The number of likely N-dealkylation sites (tertiary alicyclic amines) is 1. The number of hydrogen-bond acceptors (Lipinski definition) is 10. The molecule has 0 unspecified atom stereocenters. The first kappa shape index (κ1) is 27.8. The van der Waals surface area contributed by atoms with Crippen LogP contribution in [0.15, 0.2) is 55.0 Å². The number of benzene rings is 1. The molecule has 220 valence electrons. The summed E-state index contributed by atoms with van der Waals surface area (Å²) in [7, 11) is 0.